The van der Waals surface area contributed by atoms with Crippen molar-refractivity contribution in [1.29, 1.82) is 0 Å². The molecule has 1 aromatic carbocycles. The molecule has 74 valence electrons. The fourth-order valence-corrected chi connectivity index (χ4v) is 1.79. The zero-order chi connectivity index (χ0) is 9.97. The molecular formula is C13H17N. The van der Waals surface area contributed by atoms with Crippen molar-refractivity contribution in [3.8, 4) is 0 Å². The van der Waals surface area contributed by atoms with Crippen molar-refractivity contribution in [2.75, 3.05) is 6.54 Å². The van der Waals surface area contributed by atoms with E-state index in [4.69, 9.17) is 0 Å². The molecule has 0 saturated heterocycles. The molecule has 2 atom stereocenters. The molecule has 0 spiro atoms. The largest absolute Gasteiger partial charge is 0.310 e. The van der Waals surface area contributed by atoms with Crippen molar-refractivity contribution < 1.29 is 0 Å². The maximum atomic E-state index is 3.89. The monoisotopic (exact) mass is 187 g/mol. The average Bonchev–Trinajstić information content (AvgIpc) is 2.95. The molecule has 14 heavy (non-hydrogen) atoms. The van der Waals surface area contributed by atoms with E-state index < -0.39 is 0 Å². The van der Waals surface area contributed by atoms with Gasteiger partial charge >= 0.3 is 0 Å². The van der Waals surface area contributed by atoms with Crippen LogP contribution in [0.1, 0.15) is 24.8 Å². The van der Waals surface area contributed by atoms with E-state index in [1.807, 2.05) is 0 Å². The van der Waals surface area contributed by atoms with Crippen molar-refractivity contribution in [3.63, 3.8) is 0 Å². The molecule has 0 amide bonds. The van der Waals surface area contributed by atoms with Crippen LogP contribution in [-0.2, 0) is 0 Å². The molecule has 1 N–H and O–H groups in total. The molecule has 1 aromatic rings. The standard InChI is InChI=1S/C13H17N/c1-10(2)9-14-13-8-12(13)11-6-4-3-5-7-11/h3-7,12-14H,1,8-9H2,2H3. The van der Waals surface area contributed by atoms with E-state index in [1.54, 1.807) is 0 Å². The summed E-state index contributed by atoms with van der Waals surface area (Å²) in [6.45, 7) is 6.90. The summed E-state index contributed by atoms with van der Waals surface area (Å²) in [4.78, 5) is 0. The summed E-state index contributed by atoms with van der Waals surface area (Å²) in [6, 6.07) is 11.4. The lowest BCUT2D eigenvalue weighted by Crippen LogP contribution is -2.19. The van der Waals surface area contributed by atoms with Gasteiger partial charge in [-0.15, -0.1) is 0 Å². The van der Waals surface area contributed by atoms with Crippen LogP contribution < -0.4 is 5.32 Å². The fraction of sp³-hybridized carbons (Fsp3) is 0.385. The van der Waals surface area contributed by atoms with Gasteiger partial charge in [0.25, 0.3) is 0 Å². The Bertz CT molecular complexity index is 315. The van der Waals surface area contributed by atoms with Gasteiger partial charge in [-0.05, 0) is 18.9 Å². The summed E-state index contributed by atoms with van der Waals surface area (Å²) in [7, 11) is 0. The molecule has 2 unspecified atom stereocenters. The van der Waals surface area contributed by atoms with Crippen LogP contribution in [0.25, 0.3) is 0 Å². The molecule has 1 fully saturated rings. The maximum Gasteiger partial charge on any atom is 0.0161 e. The third-order valence-electron chi connectivity index (χ3n) is 2.68. The Balaban J connectivity index is 1.85. The first-order valence-electron chi connectivity index (χ1n) is 5.20. The molecular weight excluding hydrogens is 170 g/mol. The summed E-state index contributed by atoms with van der Waals surface area (Å²) in [6.07, 6.45) is 1.28. The normalized spacial score (nSPS) is 24.6. The number of rotatable bonds is 4. The highest BCUT2D eigenvalue weighted by Gasteiger charge is 2.37. The van der Waals surface area contributed by atoms with E-state index in [0.717, 1.165) is 12.5 Å². The Hall–Kier alpha value is -1.08. The molecule has 1 heteroatoms. The molecule has 0 heterocycles. The highest BCUT2D eigenvalue weighted by atomic mass is 15.0. The second kappa shape index (κ2) is 3.97. The second-order valence-corrected chi connectivity index (χ2v) is 4.20. The van der Waals surface area contributed by atoms with Gasteiger partial charge in [0.05, 0.1) is 0 Å². The van der Waals surface area contributed by atoms with Gasteiger partial charge in [0.2, 0.25) is 0 Å². The molecule has 1 aliphatic rings. The zero-order valence-electron chi connectivity index (χ0n) is 8.66. The second-order valence-electron chi connectivity index (χ2n) is 4.20. The molecule has 1 nitrogen and oxygen atoms in total. The van der Waals surface area contributed by atoms with Gasteiger partial charge in [0.15, 0.2) is 0 Å². The van der Waals surface area contributed by atoms with E-state index in [9.17, 15) is 0 Å². The molecule has 0 bridgehead atoms. The predicted molar refractivity (Wildman–Crippen MR) is 60.4 cm³/mol. The van der Waals surface area contributed by atoms with Gasteiger partial charge in [-0.25, -0.2) is 0 Å². The van der Waals surface area contributed by atoms with Crippen LogP contribution in [0, 0.1) is 0 Å². The van der Waals surface area contributed by atoms with Crippen LogP contribution in [-0.4, -0.2) is 12.6 Å². The van der Waals surface area contributed by atoms with E-state index in [-0.39, 0.29) is 0 Å². The molecule has 1 aliphatic carbocycles. The topological polar surface area (TPSA) is 12.0 Å². The van der Waals surface area contributed by atoms with Crippen LogP contribution in [0.2, 0.25) is 0 Å². The Kier molecular flexibility index (Phi) is 2.69. The Morgan fingerprint density at radius 3 is 2.79 bits per heavy atom. The first kappa shape index (κ1) is 9.47. The maximum absolute atomic E-state index is 3.89. The summed E-state index contributed by atoms with van der Waals surface area (Å²) in [5.74, 6) is 0.732. The van der Waals surface area contributed by atoms with Crippen molar-refractivity contribution in [1.82, 2.24) is 5.32 Å². The van der Waals surface area contributed by atoms with Crippen LogP contribution >= 0.6 is 0 Å². The smallest absolute Gasteiger partial charge is 0.0161 e. The van der Waals surface area contributed by atoms with Gasteiger partial charge in [0.1, 0.15) is 0 Å². The Labute approximate surface area is 85.8 Å². The van der Waals surface area contributed by atoms with Gasteiger partial charge < -0.3 is 5.32 Å². The number of nitrogens with one attached hydrogen (secondary N) is 1. The number of benzene rings is 1. The lowest BCUT2D eigenvalue weighted by atomic mass is 10.1. The fourth-order valence-electron chi connectivity index (χ4n) is 1.79. The first-order chi connectivity index (χ1) is 6.77. The van der Waals surface area contributed by atoms with Crippen molar-refractivity contribution in [2.24, 2.45) is 0 Å². The summed E-state index contributed by atoms with van der Waals surface area (Å²) >= 11 is 0. The van der Waals surface area contributed by atoms with Gasteiger partial charge in [-0.1, -0.05) is 42.5 Å². The van der Waals surface area contributed by atoms with E-state index in [0.29, 0.717) is 6.04 Å². The molecule has 0 aromatic heterocycles. The van der Waals surface area contributed by atoms with Crippen molar-refractivity contribution in [3.05, 3.63) is 48.0 Å². The van der Waals surface area contributed by atoms with Crippen LogP contribution in [0.3, 0.4) is 0 Å². The Morgan fingerprint density at radius 2 is 2.14 bits per heavy atom. The van der Waals surface area contributed by atoms with E-state index in [1.165, 1.54) is 17.6 Å². The molecule has 0 aliphatic heterocycles. The highest BCUT2D eigenvalue weighted by molar-refractivity contribution is 5.27. The van der Waals surface area contributed by atoms with Crippen molar-refractivity contribution in [2.45, 2.75) is 25.3 Å². The third-order valence-corrected chi connectivity index (χ3v) is 2.68. The van der Waals surface area contributed by atoms with Crippen molar-refractivity contribution >= 4 is 0 Å². The van der Waals surface area contributed by atoms with E-state index in [2.05, 4.69) is 49.2 Å². The SMILES string of the molecule is C=C(C)CNC1CC1c1ccccc1. The minimum Gasteiger partial charge on any atom is -0.310 e. The molecule has 0 radical (unpaired) electrons. The zero-order valence-corrected chi connectivity index (χ0v) is 8.66. The van der Waals surface area contributed by atoms with Crippen LogP contribution in [0.15, 0.2) is 42.5 Å². The summed E-state index contributed by atoms with van der Waals surface area (Å²) in [5, 5.41) is 3.51. The lowest BCUT2D eigenvalue weighted by Gasteiger charge is -2.03. The molecule has 2 rings (SSSR count). The number of hydrogen-bond donors (Lipinski definition) is 1. The van der Waals surface area contributed by atoms with Crippen LogP contribution in [0.4, 0.5) is 0 Å². The predicted octanol–water partition coefficient (Wildman–Crippen LogP) is 2.71. The van der Waals surface area contributed by atoms with Crippen LogP contribution in [0.5, 0.6) is 0 Å². The summed E-state index contributed by atoms with van der Waals surface area (Å²) < 4.78 is 0. The average molecular weight is 187 g/mol. The van der Waals surface area contributed by atoms with Gasteiger partial charge in [0, 0.05) is 18.5 Å². The first-order valence-corrected chi connectivity index (χ1v) is 5.20. The van der Waals surface area contributed by atoms with Gasteiger partial charge in [-0.2, -0.15) is 0 Å². The third kappa shape index (κ3) is 2.24. The quantitative estimate of drug-likeness (QED) is 0.715. The molecule has 1 saturated carbocycles. The minimum atomic E-state index is 0.675. The highest BCUT2D eigenvalue weighted by Crippen LogP contribution is 2.40. The Morgan fingerprint density at radius 1 is 1.43 bits per heavy atom. The number of hydrogen-bond acceptors (Lipinski definition) is 1. The summed E-state index contributed by atoms with van der Waals surface area (Å²) in [5.41, 5.74) is 2.68. The minimum absolute atomic E-state index is 0.675. The van der Waals surface area contributed by atoms with Gasteiger partial charge in [-0.3, -0.25) is 0 Å². The lowest BCUT2D eigenvalue weighted by molar-refractivity contribution is 0.716. The van der Waals surface area contributed by atoms with E-state index >= 15 is 0 Å².